The van der Waals surface area contributed by atoms with E-state index in [0.717, 1.165) is 31.0 Å². The lowest BCUT2D eigenvalue weighted by atomic mass is 10.1. The van der Waals surface area contributed by atoms with E-state index in [4.69, 9.17) is 4.74 Å². The molecular formula is C21H25FN4O. The molecule has 3 aliphatic heterocycles. The molecule has 0 aliphatic carbocycles. The van der Waals surface area contributed by atoms with Gasteiger partial charge in [-0.1, -0.05) is 12.7 Å². The number of hydrogen-bond donors (Lipinski definition) is 1. The third-order valence-corrected chi connectivity index (χ3v) is 5.29. The standard InChI is InChI=1S/C21H25FN4O/c1-3-20-18-13-17(7-8-19(18)22)27-14-16-5-4-11-25(16)12-10-23-21-9-6-15(2)26(20)24-21/h3,6-9,13,16H,2,4-5,10-12,14H2,1H3,(H,23,24)/b20-3-. The van der Waals surface area contributed by atoms with E-state index < -0.39 is 0 Å². The summed E-state index contributed by atoms with van der Waals surface area (Å²) >= 11 is 0. The van der Waals surface area contributed by atoms with Crippen LogP contribution in [0.2, 0.25) is 0 Å². The van der Waals surface area contributed by atoms with Gasteiger partial charge in [0.25, 0.3) is 0 Å². The normalized spacial score (nSPS) is 24.7. The Kier molecular flexibility index (Phi) is 4.99. The summed E-state index contributed by atoms with van der Waals surface area (Å²) in [5, 5.41) is 1.77. The number of hydrogen-bond acceptors (Lipinski definition) is 5. The summed E-state index contributed by atoms with van der Waals surface area (Å²) in [4.78, 5) is 7.11. The van der Waals surface area contributed by atoms with Crippen LogP contribution in [0.1, 0.15) is 25.3 Å². The maximum atomic E-state index is 14.6. The average Bonchev–Trinajstić information content (AvgIpc) is 3.11. The highest BCUT2D eigenvalue weighted by Crippen LogP contribution is 2.29. The van der Waals surface area contributed by atoms with E-state index in [1.165, 1.54) is 12.5 Å². The van der Waals surface area contributed by atoms with Crippen molar-refractivity contribution in [2.24, 2.45) is 4.99 Å². The van der Waals surface area contributed by atoms with Crippen LogP contribution in [-0.2, 0) is 0 Å². The zero-order chi connectivity index (χ0) is 18.8. The van der Waals surface area contributed by atoms with Gasteiger partial charge in [-0.15, -0.1) is 0 Å². The number of allylic oxidation sites excluding steroid dienone is 2. The summed E-state index contributed by atoms with van der Waals surface area (Å²) in [5.41, 5.74) is 5.13. The van der Waals surface area contributed by atoms with E-state index in [9.17, 15) is 4.39 Å². The number of halogens is 1. The molecule has 0 radical (unpaired) electrons. The molecule has 27 heavy (non-hydrogen) atoms. The lowest BCUT2D eigenvalue weighted by Crippen LogP contribution is -2.42. The van der Waals surface area contributed by atoms with Gasteiger partial charge in [-0.3, -0.25) is 20.3 Å². The Hall–Kier alpha value is -2.60. The van der Waals surface area contributed by atoms with Gasteiger partial charge in [-0.25, -0.2) is 4.39 Å². The first-order valence-electron chi connectivity index (χ1n) is 9.47. The minimum Gasteiger partial charge on any atom is -0.492 e. The van der Waals surface area contributed by atoms with Crippen molar-refractivity contribution < 1.29 is 9.13 Å². The molecule has 3 aliphatic rings. The zero-order valence-corrected chi connectivity index (χ0v) is 15.6. The minimum absolute atomic E-state index is 0.298. The van der Waals surface area contributed by atoms with Crippen LogP contribution in [0, 0.1) is 5.82 Å². The van der Waals surface area contributed by atoms with Crippen molar-refractivity contribution in [3.8, 4) is 5.75 Å². The number of ether oxygens (including phenoxy) is 1. The van der Waals surface area contributed by atoms with Crippen LogP contribution in [-0.4, -0.2) is 48.0 Å². The number of fused-ring (bicyclic) bond motifs is 5. The largest absolute Gasteiger partial charge is 0.492 e. The highest BCUT2D eigenvalue weighted by atomic mass is 19.1. The number of nitrogens with zero attached hydrogens (tertiary/aromatic N) is 3. The van der Waals surface area contributed by atoms with Crippen LogP contribution in [0.4, 0.5) is 4.39 Å². The third-order valence-electron chi connectivity index (χ3n) is 5.29. The minimum atomic E-state index is -0.298. The fraction of sp³-hybridized carbons (Fsp3) is 0.381. The molecule has 1 N–H and O–H groups in total. The summed E-state index contributed by atoms with van der Waals surface area (Å²) in [6.45, 7) is 9.24. The smallest absolute Gasteiger partial charge is 0.140 e. The Morgan fingerprint density at radius 2 is 2.22 bits per heavy atom. The van der Waals surface area contributed by atoms with Crippen LogP contribution in [0.3, 0.4) is 0 Å². The highest BCUT2D eigenvalue weighted by Gasteiger charge is 2.26. The molecule has 0 aromatic heterocycles. The van der Waals surface area contributed by atoms with Gasteiger partial charge in [0, 0.05) is 18.2 Å². The first kappa shape index (κ1) is 17.8. The summed E-state index contributed by atoms with van der Waals surface area (Å²) in [5.74, 6) is 1.14. The van der Waals surface area contributed by atoms with Crippen LogP contribution < -0.4 is 10.2 Å². The molecule has 1 unspecified atom stereocenters. The Labute approximate surface area is 159 Å². The van der Waals surface area contributed by atoms with Gasteiger partial charge >= 0.3 is 0 Å². The summed E-state index contributed by atoms with van der Waals surface area (Å²) in [7, 11) is 0. The predicted octanol–water partition coefficient (Wildman–Crippen LogP) is 3.33. The molecule has 0 saturated carbocycles. The van der Waals surface area contributed by atoms with E-state index >= 15 is 0 Å². The lowest BCUT2D eigenvalue weighted by Gasteiger charge is -2.32. The van der Waals surface area contributed by atoms with Crippen molar-refractivity contribution in [2.75, 3.05) is 26.2 Å². The third kappa shape index (κ3) is 3.62. The van der Waals surface area contributed by atoms with Crippen LogP contribution >= 0.6 is 0 Å². The molecule has 4 rings (SSSR count). The fourth-order valence-electron chi connectivity index (χ4n) is 3.84. The van der Waals surface area contributed by atoms with Crippen molar-refractivity contribution in [3.63, 3.8) is 0 Å². The number of aliphatic imine (C=N–C) groups is 1. The molecule has 5 nitrogen and oxygen atoms in total. The van der Waals surface area contributed by atoms with Crippen LogP contribution in [0.5, 0.6) is 5.75 Å². The molecule has 1 aromatic carbocycles. The second-order valence-corrected chi connectivity index (χ2v) is 7.00. The maximum Gasteiger partial charge on any atom is 0.140 e. The topological polar surface area (TPSA) is 40.1 Å². The van der Waals surface area contributed by atoms with Crippen LogP contribution in [0.15, 0.2) is 53.7 Å². The van der Waals surface area contributed by atoms with Crippen molar-refractivity contribution >= 4 is 11.5 Å². The monoisotopic (exact) mass is 368 g/mol. The summed E-state index contributed by atoms with van der Waals surface area (Å²) in [6, 6.07) is 5.31. The van der Waals surface area contributed by atoms with Gasteiger partial charge in [0.15, 0.2) is 0 Å². The lowest BCUT2D eigenvalue weighted by molar-refractivity contribution is 0.176. The number of nitrogens with one attached hydrogen (secondary N) is 1. The Morgan fingerprint density at radius 3 is 3.07 bits per heavy atom. The van der Waals surface area contributed by atoms with Crippen molar-refractivity contribution in [1.82, 2.24) is 15.3 Å². The van der Waals surface area contributed by atoms with Crippen molar-refractivity contribution in [1.29, 1.82) is 0 Å². The Morgan fingerprint density at radius 1 is 1.33 bits per heavy atom. The van der Waals surface area contributed by atoms with Gasteiger partial charge in [0.2, 0.25) is 0 Å². The van der Waals surface area contributed by atoms with E-state index in [0.29, 0.717) is 36.2 Å². The maximum absolute atomic E-state index is 14.6. The van der Waals surface area contributed by atoms with E-state index in [-0.39, 0.29) is 5.82 Å². The van der Waals surface area contributed by atoms with Crippen LogP contribution in [0.25, 0.3) is 5.70 Å². The molecule has 6 heteroatoms. The fourth-order valence-corrected chi connectivity index (χ4v) is 3.84. The Balaban J connectivity index is 1.74. The molecule has 4 bridgehead atoms. The first-order valence-corrected chi connectivity index (χ1v) is 9.47. The summed E-state index contributed by atoms with van der Waals surface area (Å²) < 4.78 is 20.7. The van der Waals surface area contributed by atoms with E-state index in [1.807, 2.05) is 25.2 Å². The highest BCUT2D eigenvalue weighted by molar-refractivity contribution is 5.95. The molecule has 3 heterocycles. The van der Waals surface area contributed by atoms with Crippen molar-refractivity contribution in [2.45, 2.75) is 25.8 Å². The SMILES string of the molecule is C=C1C=CC2=NCCN3CCCC3COc3ccc(F)c(c3)/C(=C/C)N1N2. The molecule has 0 amide bonds. The quantitative estimate of drug-likeness (QED) is 0.763. The average molecular weight is 368 g/mol. The number of amidine groups is 1. The zero-order valence-electron chi connectivity index (χ0n) is 15.6. The number of benzene rings is 1. The van der Waals surface area contributed by atoms with E-state index in [2.05, 4.69) is 21.9 Å². The molecule has 1 saturated heterocycles. The molecule has 1 fully saturated rings. The van der Waals surface area contributed by atoms with Gasteiger partial charge in [0.05, 0.1) is 17.9 Å². The van der Waals surface area contributed by atoms with E-state index in [1.54, 1.807) is 17.1 Å². The molecule has 1 atom stereocenters. The second-order valence-electron chi connectivity index (χ2n) is 7.00. The van der Waals surface area contributed by atoms with Gasteiger partial charge < -0.3 is 4.74 Å². The molecular weight excluding hydrogens is 343 g/mol. The molecule has 0 spiro atoms. The second kappa shape index (κ2) is 7.56. The number of hydrazine groups is 1. The summed E-state index contributed by atoms with van der Waals surface area (Å²) in [6.07, 6.45) is 7.96. The first-order chi connectivity index (χ1) is 13.2. The Bertz CT molecular complexity index is 829. The van der Waals surface area contributed by atoms with Gasteiger partial charge in [-0.05, 0) is 56.7 Å². The van der Waals surface area contributed by atoms with Gasteiger partial charge in [-0.2, -0.15) is 0 Å². The molecule has 1 aromatic rings. The predicted molar refractivity (Wildman–Crippen MR) is 106 cm³/mol. The number of rotatable bonds is 0. The molecule has 142 valence electrons. The van der Waals surface area contributed by atoms with Crippen molar-refractivity contribution in [3.05, 3.63) is 60.1 Å². The van der Waals surface area contributed by atoms with Gasteiger partial charge in [0.1, 0.15) is 24.0 Å².